The van der Waals surface area contributed by atoms with E-state index in [1.807, 2.05) is 12.1 Å². The molecule has 0 spiro atoms. The van der Waals surface area contributed by atoms with Crippen LogP contribution in [0.25, 0.3) is 0 Å². The number of anilines is 2. The lowest BCUT2D eigenvalue weighted by Crippen LogP contribution is -2.30. The van der Waals surface area contributed by atoms with Crippen LogP contribution in [0.5, 0.6) is 5.75 Å². The van der Waals surface area contributed by atoms with Crippen molar-refractivity contribution in [3.8, 4) is 5.75 Å². The minimum atomic E-state index is -2.91. The molecule has 0 unspecified atom stereocenters. The summed E-state index contributed by atoms with van der Waals surface area (Å²) in [6, 6.07) is 20.5. The third kappa shape index (κ3) is 4.27. The smallest absolute Gasteiger partial charge is 0.387 e. The van der Waals surface area contributed by atoms with Crippen molar-refractivity contribution >= 4 is 17.3 Å². The number of hydrogen-bond donors (Lipinski definition) is 1. The third-order valence-electron chi connectivity index (χ3n) is 5.37. The van der Waals surface area contributed by atoms with Gasteiger partial charge in [-0.25, -0.2) is 0 Å². The number of carbonyl (C=O) groups is 1. The highest BCUT2D eigenvalue weighted by Crippen LogP contribution is 2.28. The number of fused-ring (bicyclic) bond motifs is 1. The zero-order chi connectivity index (χ0) is 21.1. The van der Waals surface area contributed by atoms with Crippen LogP contribution in [0, 0.1) is 6.92 Å². The van der Waals surface area contributed by atoms with Gasteiger partial charge < -0.3 is 15.0 Å². The summed E-state index contributed by atoms with van der Waals surface area (Å²) in [5.74, 6) is -0.258. The molecule has 1 aliphatic rings. The molecule has 3 aromatic rings. The lowest BCUT2D eigenvalue weighted by Gasteiger charge is -2.30. The minimum absolute atomic E-state index is 0.0449. The Labute approximate surface area is 174 Å². The number of halogens is 2. The molecule has 0 aromatic heterocycles. The van der Waals surface area contributed by atoms with Crippen LogP contribution in [-0.4, -0.2) is 19.1 Å². The summed E-state index contributed by atoms with van der Waals surface area (Å²) in [5, 5.41) is 2.77. The van der Waals surface area contributed by atoms with Gasteiger partial charge in [0.25, 0.3) is 5.91 Å². The molecule has 0 saturated carbocycles. The fraction of sp³-hybridized carbons (Fsp3) is 0.208. The lowest BCUT2D eigenvalue weighted by molar-refractivity contribution is -0.0502. The van der Waals surface area contributed by atoms with Crippen LogP contribution in [0.1, 0.15) is 27.0 Å². The zero-order valence-electron chi connectivity index (χ0n) is 16.6. The fourth-order valence-corrected chi connectivity index (χ4v) is 3.71. The van der Waals surface area contributed by atoms with Crippen molar-refractivity contribution in [2.45, 2.75) is 26.5 Å². The summed E-state index contributed by atoms with van der Waals surface area (Å²) in [4.78, 5) is 14.9. The molecular weight excluding hydrogens is 386 g/mol. The second-order valence-corrected chi connectivity index (χ2v) is 7.25. The average Bonchev–Trinajstić information content (AvgIpc) is 2.76. The average molecular weight is 408 g/mol. The SMILES string of the molecule is Cc1c(NC(=O)c2ccc(N3CCc4ccccc4C3)cc2)cccc1OC(F)F. The number of carbonyl (C=O) groups excluding carboxylic acids is 1. The summed E-state index contributed by atoms with van der Waals surface area (Å²) < 4.78 is 29.5. The van der Waals surface area contributed by atoms with E-state index in [-0.39, 0.29) is 11.7 Å². The Kier molecular flexibility index (Phi) is 5.65. The van der Waals surface area contributed by atoms with Crippen molar-refractivity contribution in [2.75, 3.05) is 16.8 Å². The third-order valence-corrected chi connectivity index (χ3v) is 5.37. The summed E-state index contributed by atoms with van der Waals surface area (Å²) in [6.07, 6.45) is 0.995. The summed E-state index contributed by atoms with van der Waals surface area (Å²) in [5.41, 5.74) is 5.16. The molecule has 1 heterocycles. The maximum Gasteiger partial charge on any atom is 0.387 e. The van der Waals surface area contributed by atoms with Crippen LogP contribution in [-0.2, 0) is 13.0 Å². The Hall–Kier alpha value is -3.41. The zero-order valence-corrected chi connectivity index (χ0v) is 16.6. The predicted molar refractivity (Wildman–Crippen MR) is 113 cm³/mol. The first-order chi connectivity index (χ1) is 14.5. The summed E-state index contributed by atoms with van der Waals surface area (Å²) >= 11 is 0. The number of hydrogen-bond acceptors (Lipinski definition) is 3. The second kappa shape index (κ2) is 8.53. The van der Waals surface area contributed by atoms with Crippen LogP contribution >= 0.6 is 0 Å². The van der Waals surface area contributed by atoms with E-state index in [0.29, 0.717) is 16.8 Å². The highest BCUT2D eigenvalue weighted by molar-refractivity contribution is 6.05. The lowest BCUT2D eigenvalue weighted by atomic mass is 9.99. The van der Waals surface area contributed by atoms with E-state index in [1.54, 1.807) is 31.2 Å². The number of amides is 1. The molecule has 4 nitrogen and oxygen atoms in total. The molecule has 1 amide bonds. The molecule has 30 heavy (non-hydrogen) atoms. The van der Waals surface area contributed by atoms with Crippen molar-refractivity contribution in [3.63, 3.8) is 0 Å². The normalized spacial score (nSPS) is 13.1. The predicted octanol–water partition coefficient (Wildman–Crippen LogP) is 5.41. The first-order valence-corrected chi connectivity index (χ1v) is 9.79. The van der Waals surface area contributed by atoms with Crippen LogP contribution in [0.4, 0.5) is 20.2 Å². The molecule has 0 bridgehead atoms. The summed E-state index contributed by atoms with van der Waals surface area (Å²) in [6.45, 7) is 0.491. The van der Waals surface area contributed by atoms with E-state index in [4.69, 9.17) is 0 Å². The van der Waals surface area contributed by atoms with Gasteiger partial charge >= 0.3 is 6.61 Å². The Morgan fingerprint density at radius 1 is 1.00 bits per heavy atom. The Bertz CT molecular complexity index is 1050. The van der Waals surface area contributed by atoms with Crippen LogP contribution in [0.15, 0.2) is 66.7 Å². The van der Waals surface area contributed by atoms with E-state index >= 15 is 0 Å². The molecule has 0 saturated heterocycles. The van der Waals surface area contributed by atoms with Crippen molar-refractivity contribution in [3.05, 3.63) is 89.0 Å². The number of rotatable bonds is 5. The van der Waals surface area contributed by atoms with E-state index in [0.717, 1.165) is 25.2 Å². The van der Waals surface area contributed by atoms with Gasteiger partial charge in [-0.3, -0.25) is 4.79 Å². The summed E-state index contributed by atoms with van der Waals surface area (Å²) in [7, 11) is 0. The van der Waals surface area contributed by atoms with Crippen LogP contribution < -0.4 is 15.0 Å². The number of nitrogens with zero attached hydrogens (tertiary/aromatic N) is 1. The maximum absolute atomic E-state index is 12.6. The van der Waals surface area contributed by atoms with E-state index in [1.165, 1.54) is 17.2 Å². The second-order valence-electron chi connectivity index (χ2n) is 7.25. The van der Waals surface area contributed by atoms with Crippen molar-refractivity contribution in [2.24, 2.45) is 0 Å². The molecule has 0 radical (unpaired) electrons. The van der Waals surface area contributed by atoms with Crippen molar-refractivity contribution in [1.29, 1.82) is 0 Å². The molecule has 0 aliphatic carbocycles. The van der Waals surface area contributed by atoms with Crippen LogP contribution in [0.2, 0.25) is 0 Å². The molecule has 0 fully saturated rings. The van der Waals surface area contributed by atoms with Crippen LogP contribution in [0.3, 0.4) is 0 Å². The van der Waals surface area contributed by atoms with Gasteiger partial charge in [0, 0.05) is 35.6 Å². The van der Waals surface area contributed by atoms with Gasteiger partial charge in [-0.1, -0.05) is 30.3 Å². The molecule has 1 aliphatic heterocycles. The van der Waals surface area contributed by atoms with Crippen molar-refractivity contribution < 1.29 is 18.3 Å². The van der Waals surface area contributed by atoms with E-state index in [9.17, 15) is 13.6 Å². The van der Waals surface area contributed by atoms with E-state index in [2.05, 4.69) is 39.2 Å². The van der Waals surface area contributed by atoms with Gasteiger partial charge in [-0.05, 0) is 60.9 Å². The van der Waals surface area contributed by atoms with Gasteiger partial charge in [0.15, 0.2) is 0 Å². The monoisotopic (exact) mass is 408 g/mol. The Morgan fingerprint density at radius 2 is 1.73 bits per heavy atom. The fourth-order valence-electron chi connectivity index (χ4n) is 3.71. The number of nitrogens with one attached hydrogen (secondary N) is 1. The molecule has 3 aromatic carbocycles. The highest BCUT2D eigenvalue weighted by atomic mass is 19.3. The first-order valence-electron chi connectivity index (χ1n) is 9.79. The molecule has 154 valence electrons. The standard InChI is InChI=1S/C24H22F2N2O2/c1-16-21(7-4-8-22(16)30-24(25)26)27-23(29)18-9-11-20(12-10-18)28-14-13-17-5-2-3-6-19(17)15-28/h2-12,24H,13-15H2,1H3,(H,27,29). The largest absolute Gasteiger partial charge is 0.434 e. The Morgan fingerprint density at radius 3 is 2.47 bits per heavy atom. The Balaban J connectivity index is 1.45. The number of alkyl halides is 2. The van der Waals surface area contributed by atoms with Gasteiger partial charge in [0.2, 0.25) is 0 Å². The first kappa shape index (κ1) is 19.9. The molecule has 6 heteroatoms. The van der Waals surface area contributed by atoms with E-state index < -0.39 is 6.61 Å². The molecule has 1 N–H and O–H groups in total. The number of benzene rings is 3. The quantitative estimate of drug-likeness (QED) is 0.614. The highest BCUT2D eigenvalue weighted by Gasteiger charge is 2.17. The van der Waals surface area contributed by atoms with Gasteiger partial charge in [0.05, 0.1) is 0 Å². The topological polar surface area (TPSA) is 41.6 Å². The molecular formula is C24H22F2N2O2. The maximum atomic E-state index is 12.6. The van der Waals surface area contributed by atoms with Gasteiger partial charge in [0.1, 0.15) is 5.75 Å². The van der Waals surface area contributed by atoms with Crippen molar-refractivity contribution in [1.82, 2.24) is 0 Å². The number of ether oxygens (including phenoxy) is 1. The van der Waals surface area contributed by atoms with Gasteiger partial charge in [-0.2, -0.15) is 8.78 Å². The minimum Gasteiger partial charge on any atom is -0.434 e. The molecule has 4 rings (SSSR count). The van der Waals surface area contributed by atoms with Gasteiger partial charge in [-0.15, -0.1) is 0 Å². The molecule has 0 atom stereocenters.